The van der Waals surface area contributed by atoms with Crippen LogP contribution < -0.4 is 0 Å². The van der Waals surface area contributed by atoms with Crippen LogP contribution in [-0.2, 0) is 19.0 Å². The van der Waals surface area contributed by atoms with Gasteiger partial charge in [0.15, 0.2) is 0 Å². The fourth-order valence-electron chi connectivity index (χ4n) is 2.48. The molecule has 0 aliphatic heterocycles. The molecule has 148 valence electrons. The highest BCUT2D eigenvalue weighted by molar-refractivity contribution is 5.67. The number of aliphatic carboxylic acids is 1. The molecular formula is C20H32O6. The molecule has 2 N–H and O–H groups in total. The maximum Gasteiger partial charge on any atom is 0.329 e. The fourth-order valence-corrected chi connectivity index (χ4v) is 2.48. The Hall–Kier alpha value is -1.47. The third kappa shape index (κ3) is 9.29. The van der Waals surface area contributed by atoms with E-state index in [2.05, 4.69) is 0 Å². The standard InChI is InChI=1S/C20H32O6/c1-19(2,10-12-21)25-13-11-20(3,4)26-17(14-24-15-18(22)23)16-8-6-5-7-9-16/h5-9,17,21H,10-15H2,1-4H3,(H,22,23). The van der Waals surface area contributed by atoms with Gasteiger partial charge < -0.3 is 24.4 Å². The van der Waals surface area contributed by atoms with Gasteiger partial charge in [-0.05, 0) is 46.1 Å². The van der Waals surface area contributed by atoms with Gasteiger partial charge in [-0.2, -0.15) is 0 Å². The maximum atomic E-state index is 10.7. The van der Waals surface area contributed by atoms with Gasteiger partial charge in [-0.3, -0.25) is 0 Å². The van der Waals surface area contributed by atoms with E-state index in [0.717, 1.165) is 5.56 Å². The van der Waals surface area contributed by atoms with Crippen molar-refractivity contribution in [3.63, 3.8) is 0 Å². The zero-order valence-corrected chi connectivity index (χ0v) is 16.2. The van der Waals surface area contributed by atoms with Gasteiger partial charge in [0.05, 0.1) is 24.4 Å². The van der Waals surface area contributed by atoms with Crippen LogP contribution in [0.15, 0.2) is 30.3 Å². The first-order valence-corrected chi connectivity index (χ1v) is 8.92. The summed E-state index contributed by atoms with van der Waals surface area (Å²) < 4.78 is 17.4. The normalized spacial score (nSPS) is 13.6. The van der Waals surface area contributed by atoms with Crippen molar-refractivity contribution in [3.8, 4) is 0 Å². The zero-order valence-electron chi connectivity index (χ0n) is 16.2. The Morgan fingerprint density at radius 3 is 2.31 bits per heavy atom. The highest BCUT2D eigenvalue weighted by atomic mass is 16.6. The van der Waals surface area contributed by atoms with Gasteiger partial charge >= 0.3 is 5.97 Å². The van der Waals surface area contributed by atoms with Crippen molar-refractivity contribution in [2.45, 2.75) is 57.8 Å². The number of rotatable bonds is 13. The largest absolute Gasteiger partial charge is 0.480 e. The number of carboxylic acids is 1. The molecule has 1 aromatic carbocycles. The van der Waals surface area contributed by atoms with Crippen molar-refractivity contribution in [2.75, 3.05) is 26.4 Å². The molecule has 1 atom stereocenters. The Morgan fingerprint density at radius 1 is 1.08 bits per heavy atom. The van der Waals surface area contributed by atoms with E-state index >= 15 is 0 Å². The number of benzene rings is 1. The molecule has 0 spiro atoms. The fraction of sp³-hybridized carbons (Fsp3) is 0.650. The topological polar surface area (TPSA) is 85.2 Å². The molecule has 1 rings (SSSR count). The van der Waals surface area contributed by atoms with Crippen LogP contribution in [0.2, 0.25) is 0 Å². The van der Waals surface area contributed by atoms with Crippen molar-refractivity contribution in [1.29, 1.82) is 0 Å². The highest BCUT2D eigenvalue weighted by Gasteiger charge is 2.27. The van der Waals surface area contributed by atoms with Crippen LogP contribution in [0.1, 0.15) is 52.2 Å². The molecule has 0 amide bonds. The molecule has 0 radical (unpaired) electrons. The average molecular weight is 368 g/mol. The summed E-state index contributed by atoms with van der Waals surface area (Å²) in [5.74, 6) is -1.00. The van der Waals surface area contributed by atoms with Crippen molar-refractivity contribution >= 4 is 5.97 Å². The van der Waals surface area contributed by atoms with E-state index in [4.69, 9.17) is 24.4 Å². The van der Waals surface area contributed by atoms with Crippen LogP contribution >= 0.6 is 0 Å². The number of ether oxygens (including phenoxy) is 3. The minimum Gasteiger partial charge on any atom is -0.480 e. The SMILES string of the molecule is CC(C)(CCO)OCCC(C)(C)OC(COCC(=O)O)c1ccccc1. The predicted octanol–water partition coefficient (Wildman–Crippen LogP) is 3.19. The Balaban J connectivity index is 2.64. The Morgan fingerprint density at radius 2 is 1.73 bits per heavy atom. The minimum atomic E-state index is -1.00. The molecule has 0 aromatic heterocycles. The van der Waals surface area contributed by atoms with Crippen LogP contribution in [0, 0.1) is 0 Å². The summed E-state index contributed by atoms with van der Waals surface area (Å²) in [5, 5.41) is 17.8. The quantitative estimate of drug-likeness (QED) is 0.556. The third-order valence-electron chi connectivity index (χ3n) is 4.04. The number of hydrogen-bond acceptors (Lipinski definition) is 5. The van der Waals surface area contributed by atoms with E-state index in [1.54, 1.807) is 0 Å². The van der Waals surface area contributed by atoms with E-state index in [1.165, 1.54) is 0 Å². The van der Waals surface area contributed by atoms with E-state index in [9.17, 15) is 4.79 Å². The number of aliphatic hydroxyl groups is 1. The van der Waals surface area contributed by atoms with Crippen molar-refractivity contribution in [2.24, 2.45) is 0 Å². The molecular weight excluding hydrogens is 336 g/mol. The zero-order chi connectivity index (χ0) is 19.6. The van der Waals surface area contributed by atoms with Crippen LogP contribution in [-0.4, -0.2) is 53.8 Å². The van der Waals surface area contributed by atoms with Gasteiger partial charge in [0.1, 0.15) is 12.7 Å². The first-order valence-electron chi connectivity index (χ1n) is 8.92. The van der Waals surface area contributed by atoms with Crippen molar-refractivity contribution in [3.05, 3.63) is 35.9 Å². The van der Waals surface area contributed by atoms with Crippen molar-refractivity contribution in [1.82, 2.24) is 0 Å². The average Bonchev–Trinajstić information content (AvgIpc) is 2.53. The lowest BCUT2D eigenvalue weighted by atomic mass is 10.0. The van der Waals surface area contributed by atoms with Gasteiger partial charge in [-0.25, -0.2) is 4.79 Å². The molecule has 0 saturated heterocycles. The van der Waals surface area contributed by atoms with Gasteiger partial charge in [-0.15, -0.1) is 0 Å². The minimum absolute atomic E-state index is 0.0872. The number of carboxylic acid groups (broad SMARTS) is 1. The van der Waals surface area contributed by atoms with Gasteiger partial charge in [0.2, 0.25) is 0 Å². The number of aliphatic hydroxyl groups excluding tert-OH is 1. The maximum absolute atomic E-state index is 10.7. The molecule has 6 heteroatoms. The molecule has 0 bridgehead atoms. The van der Waals surface area contributed by atoms with E-state index in [-0.39, 0.29) is 31.5 Å². The van der Waals surface area contributed by atoms with Gasteiger partial charge in [0.25, 0.3) is 0 Å². The van der Waals surface area contributed by atoms with Crippen LogP contribution in [0.3, 0.4) is 0 Å². The molecule has 0 heterocycles. The Kier molecular flexibility index (Phi) is 9.22. The second-order valence-electron chi connectivity index (χ2n) is 7.52. The summed E-state index contributed by atoms with van der Waals surface area (Å²) in [6.45, 7) is 8.24. The Labute approximate surface area is 156 Å². The van der Waals surface area contributed by atoms with Crippen LogP contribution in [0.4, 0.5) is 0 Å². The lowest BCUT2D eigenvalue weighted by Crippen LogP contribution is -2.33. The summed E-state index contributed by atoms with van der Waals surface area (Å²) in [7, 11) is 0. The van der Waals surface area contributed by atoms with E-state index in [0.29, 0.717) is 19.4 Å². The van der Waals surface area contributed by atoms with Gasteiger partial charge in [0, 0.05) is 6.61 Å². The smallest absolute Gasteiger partial charge is 0.329 e. The Bertz CT molecular complexity index is 526. The summed E-state index contributed by atoms with van der Waals surface area (Å²) in [6.07, 6.45) is 0.865. The number of hydrogen-bond donors (Lipinski definition) is 2. The lowest BCUT2D eigenvalue weighted by molar-refractivity contribution is -0.148. The molecule has 0 fully saturated rings. The van der Waals surface area contributed by atoms with Crippen LogP contribution in [0.25, 0.3) is 0 Å². The van der Waals surface area contributed by atoms with Crippen LogP contribution in [0.5, 0.6) is 0 Å². The van der Waals surface area contributed by atoms with Gasteiger partial charge in [-0.1, -0.05) is 30.3 Å². The second-order valence-corrected chi connectivity index (χ2v) is 7.52. The van der Waals surface area contributed by atoms with Crippen molar-refractivity contribution < 1.29 is 29.2 Å². The van der Waals surface area contributed by atoms with E-state index in [1.807, 2.05) is 58.0 Å². The summed E-state index contributed by atoms with van der Waals surface area (Å²) >= 11 is 0. The molecule has 0 aliphatic rings. The summed E-state index contributed by atoms with van der Waals surface area (Å²) in [6, 6.07) is 9.62. The highest BCUT2D eigenvalue weighted by Crippen LogP contribution is 2.27. The first kappa shape index (κ1) is 22.6. The molecule has 6 nitrogen and oxygen atoms in total. The molecule has 26 heavy (non-hydrogen) atoms. The third-order valence-corrected chi connectivity index (χ3v) is 4.04. The summed E-state index contributed by atoms with van der Waals surface area (Å²) in [4.78, 5) is 10.7. The monoisotopic (exact) mass is 368 g/mol. The number of carbonyl (C=O) groups is 1. The summed E-state index contributed by atoms with van der Waals surface area (Å²) in [5.41, 5.74) is 0.0731. The lowest BCUT2D eigenvalue weighted by Gasteiger charge is -2.33. The predicted molar refractivity (Wildman–Crippen MR) is 99.2 cm³/mol. The molecule has 0 saturated carbocycles. The van der Waals surface area contributed by atoms with E-state index < -0.39 is 11.6 Å². The molecule has 1 unspecified atom stereocenters. The molecule has 1 aromatic rings. The molecule has 0 aliphatic carbocycles. The second kappa shape index (κ2) is 10.6. The first-order chi connectivity index (χ1) is 12.2.